The Bertz CT molecular complexity index is 640. The second-order valence-corrected chi connectivity index (χ2v) is 4.82. The number of hydrogen-bond donors (Lipinski definition) is 1. The molecular weight excluding hydrogens is 269 g/mol. The van der Waals surface area contributed by atoms with Gasteiger partial charge in [0.05, 0.1) is 18.7 Å². The Labute approximate surface area is 123 Å². The highest BCUT2D eigenvalue weighted by atomic mass is 19.1. The van der Waals surface area contributed by atoms with Gasteiger partial charge in [-0.3, -0.25) is 4.79 Å². The number of benzene rings is 2. The fourth-order valence-corrected chi connectivity index (χ4v) is 1.91. The van der Waals surface area contributed by atoms with E-state index < -0.39 is 5.82 Å². The third kappa shape index (κ3) is 4.05. The van der Waals surface area contributed by atoms with Crippen molar-refractivity contribution in [1.29, 1.82) is 0 Å². The molecule has 0 radical (unpaired) electrons. The summed E-state index contributed by atoms with van der Waals surface area (Å²) in [7, 11) is 0. The van der Waals surface area contributed by atoms with E-state index in [1.807, 2.05) is 32.0 Å². The molecule has 0 fully saturated rings. The number of nitrogens with one attached hydrogen (secondary N) is 1. The van der Waals surface area contributed by atoms with Crippen molar-refractivity contribution in [2.24, 2.45) is 0 Å². The summed E-state index contributed by atoms with van der Waals surface area (Å²) >= 11 is 0. The van der Waals surface area contributed by atoms with Gasteiger partial charge in [0.25, 0.3) is 0 Å². The van der Waals surface area contributed by atoms with Crippen LogP contribution in [0.2, 0.25) is 0 Å². The first kappa shape index (κ1) is 15.0. The van der Waals surface area contributed by atoms with Crippen LogP contribution in [-0.4, -0.2) is 12.5 Å². The highest BCUT2D eigenvalue weighted by molar-refractivity contribution is 5.90. The van der Waals surface area contributed by atoms with Gasteiger partial charge in [0.15, 0.2) is 0 Å². The van der Waals surface area contributed by atoms with Crippen LogP contribution in [0.4, 0.5) is 10.1 Å². The number of rotatable bonds is 5. The van der Waals surface area contributed by atoms with Crippen LogP contribution < -0.4 is 10.1 Å². The molecular formula is C17H18FNO2. The van der Waals surface area contributed by atoms with Gasteiger partial charge in [-0.25, -0.2) is 4.39 Å². The molecule has 0 atom stereocenters. The van der Waals surface area contributed by atoms with Crippen LogP contribution in [0.15, 0.2) is 42.5 Å². The summed E-state index contributed by atoms with van der Waals surface area (Å²) < 4.78 is 19.0. The molecule has 0 aromatic heterocycles. The van der Waals surface area contributed by atoms with E-state index in [-0.39, 0.29) is 24.6 Å². The topological polar surface area (TPSA) is 38.3 Å². The van der Waals surface area contributed by atoms with Crippen molar-refractivity contribution in [2.45, 2.75) is 20.3 Å². The van der Waals surface area contributed by atoms with Crippen molar-refractivity contribution in [3.05, 3.63) is 59.4 Å². The summed E-state index contributed by atoms with van der Waals surface area (Å²) in [6.45, 7) is 4.24. The van der Waals surface area contributed by atoms with Gasteiger partial charge in [0.1, 0.15) is 11.6 Å². The Morgan fingerprint density at radius 3 is 2.67 bits per heavy atom. The SMILES string of the molecule is Cc1cccc(OCCC(=O)Nc2ccccc2F)c1C. The first-order valence-electron chi connectivity index (χ1n) is 6.81. The normalized spacial score (nSPS) is 10.2. The predicted molar refractivity (Wildman–Crippen MR) is 81.1 cm³/mol. The molecule has 21 heavy (non-hydrogen) atoms. The Morgan fingerprint density at radius 1 is 1.14 bits per heavy atom. The molecule has 2 aromatic carbocycles. The van der Waals surface area contributed by atoms with E-state index in [1.165, 1.54) is 12.1 Å². The van der Waals surface area contributed by atoms with E-state index in [4.69, 9.17) is 4.74 Å². The van der Waals surface area contributed by atoms with Crippen molar-refractivity contribution in [1.82, 2.24) is 0 Å². The molecule has 0 aliphatic carbocycles. The van der Waals surface area contributed by atoms with Crippen LogP contribution >= 0.6 is 0 Å². The molecule has 2 rings (SSSR count). The molecule has 0 saturated heterocycles. The lowest BCUT2D eigenvalue weighted by Gasteiger charge is -2.11. The summed E-state index contributed by atoms with van der Waals surface area (Å²) in [6, 6.07) is 11.9. The molecule has 4 heteroatoms. The maximum Gasteiger partial charge on any atom is 0.227 e. The van der Waals surface area contributed by atoms with Crippen LogP contribution in [0, 0.1) is 19.7 Å². The molecule has 1 amide bonds. The van der Waals surface area contributed by atoms with Gasteiger partial charge >= 0.3 is 0 Å². The van der Waals surface area contributed by atoms with Crippen molar-refractivity contribution in [2.75, 3.05) is 11.9 Å². The third-order valence-corrected chi connectivity index (χ3v) is 3.29. The van der Waals surface area contributed by atoms with Gasteiger partial charge in [-0.15, -0.1) is 0 Å². The molecule has 0 aliphatic rings. The van der Waals surface area contributed by atoms with Crippen molar-refractivity contribution >= 4 is 11.6 Å². The maximum absolute atomic E-state index is 13.4. The highest BCUT2D eigenvalue weighted by Crippen LogP contribution is 2.20. The Kier molecular flexibility index (Phi) is 4.93. The van der Waals surface area contributed by atoms with E-state index in [2.05, 4.69) is 5.32 Å². The van der Waals surface area contributed by atoms with Gasteiger partial charge in [0.2, 0.25) is 5.91 Å². The van der Waals surface area contributed by atoms with E-state index in [9.17, 15) is 9.18 Å². The molecule has 3 nitrogen and oxygen atoms in total. The average molecular weight is 287 g/mol. The summed E-state index contributed by atoms with van der Waals surface area (Å²) in [4.78, 5) is 11.7. The van der Waals surface area contributed by atoms with Gasteiger partial charge < -0.3 is 10.1 Å². The first-order chi connectivity index (χ1) is 10.1. The average Bonchev–Trinajstić information content (AvgIpc) is 2.46. The monoisotopic (exact) mass is 287 g/mol. The van der Waals surface area contributed by atoms with Crippen molar-refractivity contribution in [3.63, 3.8) is 0 Å². The number of anilines is 1. The molecule has 2 aromatic rings. The molecule has 0 bridgehead atoms. The molecule has 0 spiro atoms. The van der Waals surface area contributed by atoms with Crippen LogP contribution in [0.3, 0.4) is 0 Å². The Balaban J connectivity index is 1.85. The number of carbonyl (C=O) groups excluding carboxylic acids is 1. The summed E-state index contributed by atoms with van der Waals surface area (Å²) in [5, 5.41) is 2.53. The summed E-state index contributed by atoms with van der Waals surface area (Å²) in [6.07, 6.45) is 0.168. The van der Waals surface area contributed by atoms with Crippen LogP contribution in [0.1, 0.15) is 17.5 Å². The lowest BCUT2D eigenvalue weighted by atomic mass is 10.1. The summed E-state index contributed by atoms with van der Waals surface area (Å²) in [5.41, 5.74) is 2.39. The minimum Gasteiger partial charge on any atom is -0.493 e. The fraction of sp³-hybridized carbons (Fsp3) is 0.235. The number of ether oxygens (including phenoxy) is 1. The lowest BCUT2D eigenvalue weighted by molar-refractivity contribution is -0.116. The lowest BCUT2D eigenvalue weighted by Crippen LogP contribution is -2.16. The van der Waals surface area contributed by atoms with Crippen LogP contribution in [-0.2, 0) is 4.79 Å². The fourth-order valence-electron chi connectivity index (χ4n) is 1.91. The van der Waals surface area contributed by atoms with Crippen molar-refractivity contribution < 1.29 is 13.9 Å². The number of para-hydroxylation sites is 1. The first-order valence-corrected chi connectivity index (χ1v) is 6.81. The smallest absolute Gasteiger partial charge is 0.227 e. The number of aryl methyl sites for hydroxylation is 1. The second-order valence-electron chi connectivity index (χ2n) is 4.82. The van der Waals surface area contributed by atoms with Gasteiger partial charge in [-0.2, -0.15) is 0 Å². The van der Waals surface area contributed by atoms with Crippen LogP contribution in [0.5, 0.6) is 5.75 Å². The van der Waals surface area contributed by atoms with E-state index in [0.717, 1.165) is 16.9 Å². The molecule has 0 unspecified atom stereocenters. The number of hydrogen-bond acceptors (Lipinski definition) is 2. The van der Waals surface area contributed by atoms with Gasteiger partial charge in [-0.05, 0) is 43.2 Å². The highest BCUT2D eigenvalue weighted by Gasteiger charge is 2.07. The minimum atomic E-state index is -0.443. The van der Waals surface area contributed by atoms with Gasteiger partial charge in [-0.1, -0.05) is 24.3 Å². The quantitative estimate of drug-likeness (QED) is 0.907. The summed E-state index contributed by atoms with van der Waals surface area (Å²) in [5.74, 6) is 0.0559. The second kappa shape index (κ2) is 6.88. The zero-order valence-electron chi connectivity index (χ0n) is 12.2. The molecule has 1 N–H and O–H groups in total. The zero-order chi connectivity index (χ0) is 15.2. The van der Waals surface area contributed by atoms with Crippen LogP contribution in [0.25, 0.3) is 0 Å². The third-order valence-electron chi connectivity index (χ3n) is 3.29. The largest absolute Gasteiger partial charge is 0.493 e. The Hall–Kier alpha value is -2.36. The van der Waals surface area contributed by atoms with E-state index >= 15 is 0 Å². The minimum absolute atomic E-state index is 0.168. The van der Waals surface area contributed by atoms with Crippen molar-refractivity contribution in [3.8, 4) is 5.75 Å². The zero-order valence-corrected chi connectivity index (χ0v) is 12.2. The molecule has 0 heterocycles. The van der Waals surface area contributed by atoms with E-state index in [0.29, 0.717) is 0 Å². The maximum atomic E-state index is 13.4. The number of carbonyl (C=O) groups is 1. The molecule has 0 aliphatic heterocycles. The van der Waals surface area contributed by atoms with Gasteiger partial charge in [0, 0.05) is 0 Å². The Morgan fingerprint density at radius 2 is 1.90 bits per heavy atom. The molecule has 0 saturated carbocycles. The molecule has 110 valence electrons. The number of halogens is 1. The van der Waals surface area contributed by atoms with E-state index in [1.54, 1.807) is 12.1 Å². The standard InChI is InChI=1S/C17H18FNO2/c1-12-6-5-9-16(13(12)2)21-11-10-17(20)19-15-8-4-3-7-14(15)18/h3-9H,10-11H2,1-2H3,(H,19,20). The predicted octanol–water partition coefficient (Wildman–Crippen LogP) is 3.85. The number of amides is 1.